The van der Waals surface area contributed by atoms with Crippen LogP contribution >= 0.6 is 0 Å². The molecule has 1 heterocycles. The molecule has 0 fully saturated rings. The van der Waals surface area contributed by atoms with E-state index in [-0.39, 0.29) is 0 Å². The Kier molecular flexibility index (Phi) is 5.41. The van der Waals surface area contributed by atoms with Crippen molar-refractivity contribution >= 4 is 11.0 Å². The first-order valence-electron chi connectivity index (χ1n) is 8.70. The van der Waals surface area contributed by atoms with Gasteiger partial charge in [0.25, 0.3) is 0 Å². The molecule has 3 rings (SSSR count). The molecule has 2 aromatic carbocycles. The van der Waals surface area contributed by atoms with Crippen molar-refractivity contribution in [3.05, 3.63) is 54.1 Å². The molecule has 0 saturated heterocycles. The van der Waals surface area contributed by atoms with Crippen LogP contribution in [0.4, 0.5) is 0 Å². The van der Waals surface area contributed by atoms with Gasteiger partial charge in [-0.3, -0.25) is 0 Å². The number of aryl methyl sites for hydroxylation is 1. The molecule has 0 spiro atoms. The summed E-state index contributed by atoms with van der Waals surface area (Å²) in [6.07, 6.45) is 8.88. The van der Waals surface area contributed by atoms with E-state index in [2.05, 4.69) is 29.3 Å². The van der Waals surface area contributed by atoms with Gasteiger partial charge in [0.15, 0.2) is 0 Å². The number of fused-ring (bicyclic) bond motifs is 1. The highest BCUT2D eigenvalue weighted by molar-refractivity contribution is 5.73. The summed E-state index contributed by atoms with van der Waals surface area (Å²) in [6.45, 7) is 2.26. The summed E-state index contributed by atoms with van der Waals surface area (Å²) >= 11 is 0. The summed E-state index contributed by atoms with van der Waals surface area (Å²) in [5.74, 6) is 0. The van der Waals surface area contributed by atoms with Crippen LogP contribution in [0.25, 0.3) is 16.7 Å². The van der Waals surface area contributed by atoms with Crippen molar-refractivity contribution in [1.82, 2.24) is 15.0 Å². The molecule has 0 bridgehead atoms. The van der Waals surface area contributed by atoms with E-state index in [0.717, 1.165) is 23.1 Å². The van der Waals surface area contributed by atoms with Crippen LogP contribution in [0, 0.1) is 6.07 Å². The highest BCUT2D eigenvalue weighted by Gasteiger charge is 2.08. The molecule has 1 aromatic heterocycles. The van der Waals surface area contributed by atoms with Gasteiger partial charge in [-0.25, -0.2) is 0 Å². The summed E-state index contributed by atoms with van der Waals surface area (Å²) in [6, 6.07) is 17.4. The molecule has 1 radical (unpaired) electrons. The summed E-state index contributed by atoms with van der Waals surface area (Å²) < 4.78 is 0. The maximum Gasteiger partial charge on any atom is 0.113 e. The van der Waals surface area contributed by atoms with Crippen molar-refractivity contribution in [2.24, 2.45) is 0 Å². The molecular weight excluding hydrogens is 282 g/mol. The topological polar surface area (TPSA) is 30.7 Å². The van der Waals surface area contributed by atoms with Gasteiger partial charge in [0, 0.05) is 0 Å². The number of unbranched alkanes of at least 4 members (excludes halogenated alkanes) is 5. The van der Waals surface area contributed by atoms with Gasteiger partial charge in [0.05, 0.1) is 5.69 Å². The van der Waals surface area contributed by atoms with E-state index < -0.39 is 0 Å². The van der Waals surface area contributed by atoms with E-state index in [4.69, 9.17) is 0 Å². The van der Waals surface area contributed by atoms with Crippen LogP contribution in [0.15, 0.2) is 42.5 Å². The molecule has 0 aliphatic rings. The number of hydrogen-bond acceptors (Lipinski definition) is 2. The second-order valence-electron chi connectivity index (χ2n) is 6.03. The minimum Gasteiger partial charge on any atom is -0.150 e. The first kappa shape index (κ1) is 15.7. The molecule has 119 valence electrons. The monoisotopic (exact) mass is 306 g/mol. The molecule has 0 aliphatic heterocycles. The smallest absolute Gasteiger partial charge is 0.113 e. The number of aromatic nitrogens is 3. The molecule has 0 N–H and O–H groups in total. The van der Waals surface area contributed by atoms with E-state index in [0.29, 0.717) is 0 Å². The fraction of sp³-hybridized carbons (Fsp3) is 0.400. The van der Waals surface area contributed by atoms with E-state index in [1.807, 2.05) is 36.4 Å². The third-order valence-corrected chi connectivity index (χ3v) is 4.20. The van der Waals surface area contributed by atoms with Crippen LogP contribution in [0.1, 0.15) is 51.0 Å². The average Bonchev–Trinajstić information content (AvgIpc) is 3.02. The van der Waals surface area contributed by atoms with Gasteiger partial charge in [-0.15, -0.1) is 10.2 Å². The largest absolute Gasteiger partial charge is 0.150 e. The fourth-order valence-electron chi connectivity index (χ4n) is 2.90. The molecule has 3 aromatic rings. The summed E-state index contributed by atoms with van der Waals surface area (Å²) in [4.78, 5) is 1.76. The lowest BCUT2D eigenvalue weighted by molar-refractivity contribution is 0.605. The van der Waals surface area contributed by atoms with Crippen LogP contribution in [-0.2, 0) is 6.42 Å². The van der Waals surface area contributed by atoms with Crippen LogP contribution in [0.2, 0.25) is 0 Å². The lowest BCUT2D eigenvalue weighted by Crippen LogP contribution is -2.03. The third kappa shape index (κ3) is 3.98. The molecule has 3 nitrogen and oxygen atoms in total. The van der Waals surface area contributed by atoms with Crippen molar-refractivity contribution in [1.29, 1.82) is 0 Å². The van der Waals surface area contributed by atoms with Crippen molar-refractivity contribution in [3.63, 3.8) is 0 Å². The van der Waals surface area contributed by atoms with Gasteiger partial charge in [0.2, 0.25) is 0 Å². The minimum absolute atomic E-state index is 0.932. The Labute approximate surface area is 138 Å². The Morgan fingerprint density at radius 3 is 2.30 bits per heavy atom. The van der Waals surface area contributed by atoms with E-state index in [1.54, 1.807) is 4.80 Å². The van der Waals surface area contributed by atoms with Gasteiger partial charge < -0.3 is 0 Å². The van der Waals surface area contributed by atoms with Crippen LogP contribution in [0.5, 0.6) is 0 Å². The van der Waals surface area contributed by atoms with E-state index in [1.165, 1.54) is 44.1 Å². The predicted molar refractivity (Wildman–Crippen MR) is 94.8 cm³/mol. The Morgan fingerprint density at radius 2 is 1.57 bits per heavy atom. The van der Waals surface area contributed by atoms with Gasteiger partial charge >= 0.3 is 0 Å². The van der Waals surface area contributed by atoms with Gasteiger partial charge in [-0.2, -0.15) is 4.80 Å². The standard InChI is InChI=1S/C20H24N3/c1-2-3-4-5-6-7-12-17-13-8-11-16-20(17)23-21-18-14-9-10-15-19(18)22-23/h8-11,14-16H,2-7,12H2,1H3. The van der Waals surface area contributed by atoms with Crippen molar-refractivity contribution in [2.45, 2.75) is 51.9 Å². The zero-order valence-corrected chi connectivity index (χ0v) is 13.8. The molecular formula is C20H24N3. The van der Waals surface area contributed by atoms with E-state index in [9.17, 15) is 0 Å². The van der Waals surface area contributed by atoms with E-state index >= 15 is 0 Å². The molecule has 0 atom stereocenters. The van der Waals surface area contributed by atoms with Crippen LogP contribution in [-0.4, -0.2) is 15.0 Å². The SMILES string of the molecule is CCCCCCCCc1[c]cccc1-n1nc2ccccc2n1. The van der Waals surface area contributed by atoms with Gasteiger partial charge in [-0.1, -0.05) is 63.3 Å². The molecule has 0 unspecified atom stereocenters. The molecule has 3 heteroatoms. The first-order chi connectivity index (χ1) is 11.4. The second-order valence-corrected chi connectivity index (χ2v) is 6.03. The Morgan fingerprint density at radius 1 is 0.870 bits per heavy atom. The average molecular weight is 306 g/mol. The predicted octanol–water partition coefficient (Wildman–Crippen LogP) is 5.12. The van der Waals surface area contributed by atoms with Gasteiger partial charge in [0.1, 0.15) is 11.0 Å². The van der Waals surface area contributed by atoms with Gasteiger partial charge in [-0.05, 0) is 42.7 Å². The minimum atomic E-state index is 0.932. The quantitative estimate of drug-likeness (QED) is 0.540. The second kappa shape index (κ2) is 7.91. The Hall–Kier alpha value is -2.16. The van der Waals surface area contributed by atoms with Crippen molar-refractivity contribution < 1.29 is 0 Å². The fourth-order valence-corrected chi connectivity index (χ4v) is 2.90. The number of nitrogens with zero attached hydrogens (tertiary/aromatic N) is 3. The molecule has 0 aliphatic carbocycles. The maximum absolute atomic E-state index is 4.60. The summed E-state index contributed by atoms with van der Waals surface area (Å²) in [5.41, 5.74) is 4.13. The molecule has 0 amide bonds. The summed E-state index contributed by atoms with van der Waals surface area (Å²) in [5, 5.41) is 9.20. The van der Waals surface area contributed by atoms with Crippen LogP contribution < -0.4 is 0 Å². The third-order valence-electron chi connectivity index (χ3n) is 4.20. The van der Waals surface area contributed by atoms with Crippen molar-refractivity contribution in [3.8, 4) is 5.69 Å². The summed E-state index contributed by atoms with van der Waals surface area (Å²) in [7, 11) is 0. The highest BCUT2D eigenvalue weighted by atomic mass is 15.5. The lowest BCUT2D eigenvalue weighted by Gasteiger charge is -2.07. The highest BCUT2D eigenvalue weighted by Crippen LogP contribution is 2.18. The normalized spacial score (nSPS) is 11.2. The lowest BCUT2D eigenvalue weighted by atomic mass is 10.0. The zero-order chi connectivity index (χ0) is 15.9. The number of hydrogen-bond donors (Lipinski definition) is 0. The Bertz CT molecular complexity index is 712. The molecule has 0 saturated carbocycles. The first-order valence-corrected chi connectivity index (χ1v) is 8.70. The van der Waals surface area contributed by atoms with Crippen LogP contribution in [0.3, 0.4) is 0 Å². The Balaban J connectivity index is 1.70. The molecule has 23 heavy (non-hydrogen) atoms. The maximum atomic E-state index is 4.60. The number of benzene rings is 2. The van der Waals surface area contributed by atoms with Crippen molar-refractivity contribution in [2.75, 3.05) is 0 Å². The number of rotatable bonds is 8. The zero-order valence-electron chi connectivity index (χ0n) is 13.8.